The number of nitrogens with one attached hydrogen (secondary N) is 2. The zero-order chi connectivity index (χ0) is 31.8. The SMILES string of the molecule is CCOc1ccc(NC(=O)c2ccc(N3C[C@H]4C[C@@H](C3)c3cccc(=O)n3C4)c(NC(=O)C3=C[C@H]4C=CC=C[C@H]4OC3=O)c2)cc1. The van der Waals surface area contributed by atoms with Crippen LogP contribution >= 0.6 is 0 Å². The lowest BCUT2D eigenvalue weighted by Gasteiger charge is -2.44. The maximum atomic E-state index is 13.7. The van der Waals surface area contributed by atoms with Gasteiger partial charge in [-0.25, -0.2) is 4.79 Å². The summed E-state index contributed by atoms with van der Waals surface area (Å²) in [4.78, 5) is 54.7. The molecule has 2 amide bonds. The van der Waals surface area contributed by atoms with Gasteiger partial charge in [-0.3, -0.25) is 14.4 Å². The second-order valence-corrected chi connectivity index (χ2v) is 12.0. The minimum atomic E-state index is -0.695. The van der Waals surface area contributed by atoms with Crippen molar-refractivity contribution in [3.05, 3.63) is 118 Å². The van der Waals surface area contributed by atoms with Crippen molar-refractivity contribution in [2.45, 2.75) is 31.9 Å². The van der Waals surface area contributed by atoms with Crippen LogP contribution in [0.2, 0.25) is 0 Å². The van der Waals surface area contributed by atoms with E-state index in [1.54, 1.807) is 60.7 Å². The predicted octanol–water partition coefficient (Wildman–Crippen LogP) is 4.66. The molecule has 1 aliphatic carbocycles. The maximum Gasteiger partial charge on any atom is 0.344 e. The van der Waals surface area contributed by atoms with Gasteiger partial charge in [-0.1, -0.05) is 30.4 Å². The van der Waals surface area contributed by atoms with Crippen LogP contribution < -0.4 is 25.8 Å². The summed E-state index contributed by atoms with van der Waals surface area (Å²) >= 11 is 0. The van der Waals surface area contributed by atoms with Crippen molar-refractivity contribution in [3.63, 3.8) is 0 Å². The van der Waals surface area contributed by atoms with E-state index in [9.17, 15) is 19.2 Å². The Kier molecular flexibility index (Phi) is 7.78. The van der Waals surface area contributed by atoms with Gasteiger partial charge in [-0.2, -0.15) is 0 Å². The quantitative estimate of drug-likeness (QED) is 0.292. The van der Waals surface area contributed by atoms with Gasteiger partial charge >= 0.3 is 5.97 Å². The summed E-state index contributed by atoms with van der Waals surface area (Å²) in [5, 5.41) is 5.84. The molecule has 2 aromatic carbocycles. The Morgan fingerprint density at radius 3 is 2.59 bits per heavy atom. The Labute approximate surface area is 266 Å². The number of fused-ring (bicyclic) bond motifs is 5. The number of carbonyl (C=O) groups is 3. The van der Waals surface area contributed by atoms with Crippen LogP contribution in [0.5, 0.6) is 5.75 Å². The van der Waals surface area contributed by atoms with Crippen molar-refractivity contribution in [3.8, 4) is 5.75 Å². The number of anilines is 3. The number of esters is 1. The molecule has 1 saturated heterocycles. The lowest BCUT2D eigenvalue weighted by molar-refractivity contribution is -0.145. The topological polar surface area (TPSA) is 119 Å². The number of benzene rings is 2. The molecule has 46 heavy (non-hydrogen) atoms. The summed E-state index contributed by atoms with van der Waals surface area (Å²) < 4.78 is 12.9. The summed E-state index contributed by atoms with van der Waals surface area (Å²) in [6.07, 6.45) is 9.50. The number of hydrogen-bond acceptors (Lipinski definition) is 7. The van der Waals surface area contributed by atoms with E-state index >= 15 is 0 Å². The monoisotopic (exact) mass is 618 g/mol. The fourth-order valence-corrected chi connectivity index (χ4v) is 6.83. The minimum absolute atomic E-state index is 0.00896. The first-order chi connectivity index (χ1) is 22.4. The molecule has 10 nitrogen and oxygen atoms in total. The molecular formula is C36H34N4O6. The summed E-state index contributed by atoms with van der Waals surface area (Å²) in [5.41, 5.74) is 3.00. The first kappa shape index (κ1) is 29.3. The number of allylic oxidation sites excluding steroid dienone is 2. The lowest BCUT2D eigenvalue weighted by Crippen LogP contribution is -2.47. The van der Waals surface area contributed by atoms with E-state index in [-0.39, 0.29) is 34.8 Å². The zero-order valence-corrected chi connectivity index (χ0v) is 25.3. The van der Waals surface area contributed by atoms with Crippen molar-refractivity contribution < 1.29 is 23.9 Å². The van der Waals surface area contributed by atoms with E-state index in [0.29, 0.717) is 48.9 Å². The average Bonchev–Trinajstić information content (AvgIpc) is 3.06. The van der Waals surface area contributed by atoms with Gasteiger partial charge < -0.3 is 29.6 Å². The number of pyridine rings is 1. The summed E-state index contributed by atoms with van der Waals surface area (Å²) in [5.74, 6) is -0.823. The molecule has 0 saturated carbocycles. The van der Waals surface area contributed by atoms with Crippen LogP contribution in [0.3, 0.4) is 0 Å². The molecule has 2 N–H and O–H groups in total. The molecule has 4 aliphatic rings. The van der Waals surface area contributed by atoms with Gasteiger partial charge in [0.15, 0.2) is 0 Å². The van der Waals surface area contributed by atoms with E-state index in [4.69, 9.17) is 9.47 Å². The number of hydrogen-bond donors (Lipinski definition) is 2. The van der Waals surface area contributed by atoms with E-state index in [2.05, 4.69) is 15.5 Å². The molecular weight excluding hydrogens is 584 g/mol. The third-order valence-corrected chi connectivity index (χ3v) is 8.94. The van der Waals surface area contributed by atoms with Gasteiger partial charge in [-0.15, -0.1) is 0 Å². The van der Waals surface area contributed by atoms with Gasteiger partial charge in [0.2, 0.25) is 0 Å². The van der Waals surface area contributed by atoms with E-state index < -0.39 is 18.0 Å². The van der Waals surface area contributed by atoms with Crippen molar-refractivity contribution in [1.82, 2.24) is 4.57 Å². The Morgan fingerprint density at radius 1 is 0.935 bits per heavy atom. The zero-order valence-electron chi connectivity index (χ0n) is 25.3. The number of carbonyl (C=O) groups excluding carboxylic acids is 3. The molecule has 0 unspecified atom stereocenters. The molecule has 4 heterocycles. The molecule has 7 rings (SSSR count). The number of aromatic nitrogens is 1. The third-order valence-electron chi connectivity index (χ3n) is 8.94. The highest BCUT2D eigenvalue weighted by Gasteiger charge is 2.36. The fourth-order valence-electron chi connectivity index (χ4n) is 6.83. The van der Waals surface area contributed by atoms with Crippen molar-refractivity contribution >= 4 is 34.8 Å². The summed E-state index contributed by atoms with van der Waals surface area (Å²) in [7, 11) is 0. The number of nitrogens with zero attached hydrogens (tertiary/aromatic N) is 2. The molecule has 0 radical (unpaired) electrons. The Hall–Kier alpha value is -5.38. The van der Waals surface area contributed by atoms with Crippen LogP contribution in [-0.4, -0.2) is 48.2 Å². The first-order valence-electron chi connectivity index (χ1n) is 15.6. The Bertz CT molecular complexity index is 1860. The predicted molar refractivity (Wildman–Crippen MR) is 174 cm³/mol. The maximum absolute atomic E-state index is 13.7. The normalized spacial score (nSPS) is 22.6. The third kappa shape index (κ3) is 5.74. The van der Waals surface area contributed by atoms with E-state index in [1.807, 2.05) is 41.9 Å². The van der Waals surface area contributed by atoms with E-state index in [1.165, 1.54) is 0 Å². The van der Waals surface area contributed by atoms with Crippen molar-refractivity contribution in [2.24, 2.45) is 11.8 Å². The first-order valence-corrected chi connectivity index (χ1v) is 15.6. The summed E-state index contributed by atoms with van der Waals surface area (Å²) in [6, 6.07) is 17.7. The van der Waals surface area contributed by atoms with Gasteiger partial charge in [0, 0.05) is 54.5 Å². The number of piperidine rings is 1. The van der Waals surface area contributed by atoms with Crippen molar-refractivity contribution in [1.29, 1.82) is 0 Å². The molecule has 3 aromatic rings. The van der Waals surface area contributed by atoms with Crippen LogP contribution in [0, 0.1) is 11.8 Å². The van der Waals surface area contributed by atoms with Gasteiger partial charge in [-0.05, 0) is 73.9 Å². The molecule has 4 atom stereocenters. The van der Waals surface area contributed by atoms with Crippen LogP contribution in [-0.2, 0) is 20.9 Å². The molecule has 234 valence electrons. The highest BCUT2D eigenvalue weighted by molar-refractivity contribution is 6.22. The average molecular weight is 619 g/mol. The standard InChI is InChI=1S/C36H34N4O6/c1-2-45-27-13-11-26(12-14-27)37-34(42)24-10-15-31(39-19-22-16-25(21-39)30-7-5-9-33(41)40(30)20-22)29(18-24)38-35(43)28-17-23-6-3-4-8-32(23)46-36(28)44/h3-15,17-18,22-23,25,32H,2,16,19-21H2,1H3,(H,37,42)(H,38,43)/t22-,23-,25+,32-/m1/s1. The lowest BCUT2D eigenvalue weighted by atomic mass is 9.83. The van der Waals surface area contributed by atoms with Gasteiger partial charge in [0.25, 0.3) is 17.4 Å². The molecule has 1 aromatic heterocycles. The van der Waals surface area contributed by atoms with Crippen LogP contribution in [0.4, 0.5) is 17.1 Å². The smallest absolute Gasteiger partial charge is 0.344 e. The molecule has 0 spiro atoms. The van der Waals surface area contributed by atoms with E-state index in [0.717, 1.165) is 17.8 Å². The fraction of sp³-hybridized carbons (Fsp3) is 0.278. The highest BCUT2D eigenvalue weighted by atomic mass is 16.5. The second kappa shape index (κ2) is 12.2. The molecule has 3 aliphatic heterocycles. The van der Waals surface area contributed by atoms with Crippen molar-refractivity contribution in [2.75, 3.05) is 35.2 Å². The largest absolute Gasteiger partial charge is 0.494 e. The molecule has 10 heteroatoms. The second-order valence-electron chi connectivity index (χ2n) is 12.0. The molecule has 2 bridgehead atoms. The number of amides is 2. The van der Waals surface area contributed by atoms with Crippen LogP contribution in [0.15, 0.2) is 101 Å². The van der Waals surface area contributed by atoms with Gasteiger partial charge in [0.05, 0.1) is 18.0 Å². The number of ether oxygens (including phenoxy) is 2. The van der Waals surface area contributed by atoms with Crippen LogP contribution in [0.25, 0.3) is 0 Å². The number of rotatable bonds is 7. The minimum Gasteiger partial charge on any atom is -0.494 e. The van der Waals surface area contributed by atoms with Crippen LogP contribution in [0.1, 0.15) is 35.3 Å². The highest BCUT2D eigenvalue weighted by Crippen LogP contribution is 2.39. The van der Waals surface area contributed by atoms with Gasteiger partial charge in [0.1, 0.15) is 17.4 Å². The Morgan fingerprint density at radius 2 is 1.76 bits per heavy atom. The molecule has 1 fully saturated rings. The summed E-state index contributed by atoms with van der Waals surface area (Å²) in [6.45, 7) is 4.37. The Balaban J connectivity index is 1.19.